The van der Waals surface area contributed by atoms with Crippen molar-refractivity contribution in [2.75, 3.05) is 7.11 Å². The van der Waals surface area contributed by atoms with E-state index >= 15 is 0 Å². The van der Waals surface area contributed by atoms with Crippen LogP contribution in [0, 0.1) is 0 Å². The molecule has 5 heteroatoms. The smallest absolute Gasteiger partial charge is 0.350 e. The fraction of sp³-hybridized carbons (Fsp3) is 0.273. The molecule has 0 saturated carbocycles. The van der Waals surface area contributed by atoms with E-state index in [9.17, 15) is 4.79 Å². The SMILES string of the molecule is COC(=O)C1CC(c2ccc(O)cc2)=NO1. The summed E-state index contributed by atoms with van der Waals surface area (Å²) in [5, 5.41) is 13.0. The summed E-state index contributed by atoms with van der Waals surface area (Å²) >= 11 is 0. The van der Waals surface area contributed by atoms with Gasteiger partial charge in [-0.1, -0.05) is 5.16 Å². The third-order valence-electron chi connectivity index (χ3n) is 2.33. The second kappa shape index (κ2) is 4.22. The molecule has 1 aliphatic heterocycles. The summed E-state index contributed by atoms with van der Waals surface area (Å²) in [7, 11) is 1.31. The number of phenolic OH excluding ortho intramolecular Hbond substituents is 1. The van der Waals surface area contributed by atoms with Crippen molar-refractivity contribution in [1.29, 1.82) is 0 Å². The molecule has 0 fully saturated rings. The standard InChI is InChI=1S/C11H11NO4/c1-15-11(14)10-6-9(12-16-10)7-2-4-8(13)5-3-7/h2-5,10,13H,6H2,1H3. The number of hydrogen-bond acceptors (Lipinski definition) is 5. The number of esters is 1. The molecule has 0 aliphatic carbocycles. The van der Waals surface area contributed by atoms with Crippen LogP contribution in [0.1, 0.15) is 12.0 Å². The quantitative estimate of drug-likeness (QED) is 0.758. The Morgan fingerprint density at radius 2 is 2.19 bits per heavy atom. The molecule has 1 unspecified atom stereocenters. The first kappa shape index (κ1) is 10.5. The van der Waals surface area contributed by atoms with Crippen LogP contribution in [0.3, 0.4) is 0 Å². The Bertz CT molecular complexity index is 424. The highest BCUT2D eigenvalue weighted by Crippen LogP contribution is 2.19. The lowest BCUT2D eigenvalue weighted by Crippen LogP contribution is -2.22. The van der Waals surface area contributed by atoms with Gasteiger partial charge in [0.2, 0.25) is 6.10 Å². The number of aromatic hydroxyl groups is 1. The van der Waals surface area contributed by atoms with Gasteiger partial charge in [0.15, 0.2) is 0 Å². The van der Waals surface area contributed by atoms with Crippen LogP contribution in [-0.2, 0) is 14.4 Å². The minimum absolute atomic E-state index is 0.188. The molecule has 0 spiro atoms. The van der Waals surface area contributed by atoms with Crippen LogP contribution in [0.25, 0.3) is 0 Å². The molecule has 2 rings (SSSR count). The van der Waals surface area contributed by atoms with E-state index in [0.717, 1.165) is 5.56 Å². The van der Waals surface area contributed by atoms with E-state index in [-0.39, 0.29) is 5.75 Å². The topological polar surface area (TPSA) is 68.1 Å². The monoisotopic (exact) mass is 221 g/mol. The van der Waals surface area contributed by atoms with Gasteiger partial charge in [-0.2, -0.15) is 0 Å². The van der Waals surface area contributed by atoms with Crippen LogP contribution in [0.15, 0.2) is 29.4 Å². The molecule has 0 bridgehead atoms. The minimum Gasteiger partial charge on any atom is -0.508 e. The van der Waals surface area contributed by atoms with Gasteiger partial charge >= 0.3 is 5.97 Å². The maximum Gasteiger partial charge on any atom is 0.350 e. The van der Waals surface area contributed by atoms with Gasteiger partial charge in [0.25, 0.3) is 0 Å². The Morgan fingerprint density at radius 1 is 1.50 bits per heavy atom. The Labute approximate surface area is 92.3 Å². The lowest BCUT2D eigenvalue weighted by molar-refractivity contribution is -0.152. The molecule has 1 aromatic carbocycles. The van der Waals surface area contributed by atoms with Crippen LogP contribution in [0.4, 0.5) is 0 Å². The number of hydrogen-bond donors (Lipinski definition) is 1. The highest BCUT2D eigenvalue weighted by atomic mass is 16.7. The van der Waals surface area contributed by atoms with Crippen molar-refractivity contribution in [2.24, 2.45) is 5.16 Å². The van der Waals surface area contributed by atoms with Crippen LogP contribution < -0.4 is 0 Å². The first-order valence-corrected chi connectivity index (χ1v) is 4.80. The fourth-order valence-corrected chi connectivity index (χ4v) is 1.46. The third kappa shape index (κ3) is 1.98. The number of nitrogens with zero attached hydrogens (tertiary/aromatic N) is 1. The van der Waals surface area contributed by atoms with Crippen molar-refractivity contribution >= 4 is 11.7 Å². The van der Waals surface area contributed by atoms with Crippen LogP contribution >= 0.6 is 0 Å². The van der Waals surface area contributed by atoms with E-state index in [4.69, 9.17) is 9.94 Å². The molecule has 0 amide bonds. The van der Waals surface area contributed by atoms with Gasteiger partial charge in [0, 0.05) is 6.42 Å². The highest BCUT2D eigenvalue weighted by molar-refractivity contribution is 6.03. The molecule has 0 aromatic heterocycles. The molecule has 1 heterocycles. The zero-order chi connectivity index (χ0) is 11.5. The predicted octanol–water partition coefficient (Wildman–Crippen LogP) is 1.06. The zero-order valence-corrected chi connectivity index (χ0v) is 8.71. The van der Waals surface area contributed by atoms with Gasteiger partial charge in [-0.3, -0.25) is 0 Å². The minimum atomic E-state index is -0.659. The lowest BCUT2D eigenvalue weighted by atomic mass is 10.1. The number of phenols is 1. The second-order valence-corrected chi connectivity index (χ2v) is 3.41. The summed E-state index contributed by atoms with van der Waals surface area (Å²) in [6, 6.07) is 6.56. The summed E-state index contributed by atoms with van der Waals surface area (Å²) in [4.78, 5) is 16.1. The summed E-state index contributed by atoms with van der Waals surface area (Å²) in [5.74, 6) is -0.245. The van der Waals surface area contributed by atoms with Crippen LogP contribution in [-0.4, -0.2) is 30.0 Å². The van der Waals surface area contributed by atoms with Gasteiger partial charge < -0.3 is 14.7 Å². The van der Waals surface area contributed by atoms with E-state index in [1.807, 2.05) is 0 Å². The molecule has 84 valence electrons. The summed E-state index contributed by atoms with van der Waals surface area (Å²) in [5.41, 5.74) is 1.50. The molecule has 1 atom stereocenters. The molecular weight excluding hydrogens is 210 g/mol. The molecule has 1 aromatic rings. The Hall–Kier alpha value is -2.04. The largest absolute Gasteiger partial charge is 0.508 e. The number of oxime groups is 1. The van der Waals surface area contributed by atoms with Gasteiger partial charge in [-0.25, -0.2) is 4.79 Å². The van der Waals surface area contributed by atoms with Crippen molar-refractivity contribution in [2.45, 2.75) is 12.5 Å². The van der Waals surface area contributed by atoms with Crippen molar-refractivity contribution < 1.29 is 19.5 Å². The Kier molecular flexibility index (Phi) is 2.76. The second-order valence-electron chi connectivity index (χ2n) is 3.41. The van der Waals surface area contributed by atoms with E-state index in [1.54, 1.807) is 24.3 Å². The zero-order valence-electron chi connectivity index (χ0n) is 8.71. The Morgan fingerprint density at radius 3 is 2.81 bits per heavy atom. The van der Waals surface area contributed by atoms with Gasteiger partial charge in [-0.15, -0.1) is 0 Å². The fourth-order valence-electron chi connectivity index (χ4n) is 1.46. The van der Waals surface area contributed by atoms with Crippen LogP contribution in [0.5, 0.6) is 5.75 Å². The van der Waals surface area contributed by atoms with Crippen molar-refractivity contribution in [1.82, 2.24) is 0 Å². The van der Waals surface area contributed by atoms with E-state index in [0.29, 0.717) is 12.1 Å². The van der Waals surface area contributed by atoms with Crippen LogP contribution in [0.2, 0.25) is 0 Å². The molecule has 0 saturated heterocycles. The highest BCUT2D eigenvalue weighted by Gasteiger charge is 2.29. The van der Waals surface area contributed by atoms with Crippen molar-refractivity contribution in [3.63, 3.8) is 0 Å². The molecule has 16 heavy (non-hydrogen) atoms. The van der Waals surface area contributed by atoms with E-state index in [1.165, 1.54) is 7.11 Å². The molecule has 1 aliphatic rings. The molecule has 5 nitrogen and oxygen atoms in total. The number of methoxy groups -OCH3 is 1. The third-order valence-corrected chi connectivity index (χ3v) is 2.33. The van der Waals surface area contributed by atoms with Crippen molar-refractivity contribution in [3.8, 4) is 5.75 Å². The summed E-state index contributed by atoms with van der Waals surface area (Å²) < 4.78 is 4.56. The maximum atomic E-state index is 11.2. The average Bonchev–Trinajstić information content (AvgIpc) is 2.78. The summed E-state index contributed by atoms with van der Waals surface area (Å²) in [6.07, 6.45) is -0.272. The maximum absolute atomic E-state index is 11.2. The first-order chi connectivity index (χ1) is 7.70. The van der Waals surface area contributed by atoms with E-state index in [2.05, 4.69) is 9.89 Å². The molecule has 1 N–H and O–H groups in total. The number of carbonyl (C=O) groups excluding carboxylic acids is 1. The average molecular weight is 221 g/mol. The number of carbonyl (C=O) groups is 1. The lowest BCUT2D eigenvalue weighted by Gasteiger charge is -2.04. The van der Waals surface area contributed by atoms with Gasteiger partial charge in [-0.05, 0) is 29.8 Å². The van der Waals surface area contributed by atoms with E-state index < -0.39 is 12.1 Å². The van der Waals surface area contributed by atoms with Crippen molar-refractivity contribution in [3.05, 3.63) is 29.8 Å². The number of rotatable bonds is 2. The van der Waals surface area contributed by atoms with Gasteiger partial charge in [0.05, 0.1) is 12.8 Å². The Balaban J connectivity index is 2.08. The first-order valence-electron chi connectivity index (χ1n) is 4.80. The normalized spacial score (nSPS) is 18.8. The number of benzene rings is 1. The summed E-state index contributed by atoms with van der Waals surface area (Å²) in [6.45, 7) is 0. The number of ether oxygens (including phenoxy) is 1. The molecular formula is C11H11NO4. The van der Waals surface area contributed by atoms with Gasteiger partial charge in [0.1, 0.15) is 5.75 Å². The predicted molar refractivity (Wildman–Crippen MR) is 56.1 cm³/mol. The molecule has 0 radical (unpaired) electrons.